The zero-order valence-electron chi connectivity index (χ0n) is 13.4. The molecule has 0 atom stereocenters. The van der Waals surface area contributed by atoms with E-state index in [-0.39, 0.29) is 18.2 Å². The summed E-state index contributed by atoms with van der Waals surface area (Å²) in [6.45, 7) is 1.89. The number of amides is 2. The fraction of sp³-hybridized carbons (Fsp3) is 0.389. The number of hydrogen-bond acceptors (Lipinski definition) is 3. The van der Waals surface area contributed by atoms with E-state index in [1.165, 1.54) is 6.08 Å². The van der Waals surface area contributed by atoms with Crippen LogP contribution >= 0.6 is 11.6 Å². The van der Waals surface area contributed by atoms with Gasteiger partial charge in [0, 0.05) is 30.7 Å². The molecule has 0 aliphatic carbocycles. The number of rotatable bonds is 5. The normalized spacial score (nSPS) is 15.2. The van der Waals surface area contributed by atoms with Crippen molar-refractivity contribution < 1.29 is 9.59 Å². The molecule has 1 N–H and O–H groups in total. The topological polar surface area (TPSA) is 73.2 Å². The highest BCUT2D eigenvalue weighted by molar-refractivity contribution is 6.32. The minimum Gasteiger partial charge on any atom is -0.352 e. The predicted molar refractivity (Wildman–Crippen MR) is 93.0 cm³/mol. The quantitative estimate of drug-likeness (QED) is 0.834. The van der Waals surface area contributed by atoms with E-state index in [4.69, 9.17) is 16.9 Å². The second kappa shape index (κ2) is 9.09. The number of carbonyl (C=O) groups excluding carboxylic acids is 2. The van der Waals surface area contributed by atoms with E-state index >= 15 is 0 Å². The summed E-state index contributed by atoms with van der Waals surface area (Å²) in [5, 5.41) is 12.0. The molecule has 6 heteroatoms. The second-order valence-corrected chi connectivity index (χ2v) is 6.17. The van der Waals surface area contributed by atoms with Crippen LogP contribution in [0.5, 0.6) is 0 Å². The maximum absolute atomic E-state index is 11.9. The summed E-state index contributed by atoms with van der Waals surface area (Å²) < 4.78 is 0. The fourth-order valence-corrected chi connectivity index (χ4v) is 2.84. The summed E-state index contributed by atoms with van der Waals surface area (Å²) in [7, 11) is 0. The van der Waals surface area contributed by atoms with Gasteiger partial charge in [0.25, 0.3) is 0 Å². The van der Waals surface area contributed by atoms with Crippen molar-refractivity contribution in [1.82, 2.24) is 10.2 Å². The molecule has 1 aromatic carbocycles. The van der Waals surface area contributed by atoms with E-state index in [0.717, 1.165) is 18.4 Å². The Morgan fingerprint density at radius 3 is 2.71 bits per heavy atom. The van der Waals surface area contributed by atoms with E-state index in [9.17, 15) is 9.59 Å². The minimum absolute atomic E-state index is 0.0613. The van der Waals surface area contributed by atoms with Crippen molar-refractivity contribution in [2.45, 2.75) is 19.3 Å². The molecule has 1 heterocycles. The van der Waals surface area contributed by atoms with Crippen LogP contribution in [0.15, 0.2) is 30.3 Å². The van der Waals surface area contributed by atoms with Crippen LogP contribution in [0, 0.1) is 17.2 Å². The molecule has 0 saturated carbocycles. The summed E-state index contributed by atoms with van der Waals surface area (Å²) >= 11 is 6.03. The third-order valence-corrected chi connectivity index (χ3v) is 4.43. The number of nitrogens with zero attached hydrogens (tertiary/aromatic N) is 2. The van der Waals surface area contributed by atoms with Gasteiger partial charge in [-0.05, 0) is 36.5 Å². The molecule has 0 spiro atoms. The molecule has 1 aromatic rings. The van der Waals surface area contributed by atoms with Crippen LogP contribution < -0.4 is 5.32 Å². The molecule has 126 valence electrons. The van der Waals surface area contributed by atoms with E-state index in [1.807, 2.05) is 24.3 Å². The van der Waals surface area contributed by atoms with Crippen LogP contribution in [0.1, 0.15) is 24.8 Å². The second-order valence-electron chi connectivity index (χ2n) is 5.76. The number of benzene rings is 1. The Kier molecular flexibility index (Phi) is 6.83. The zero-order valence-corrected chi connectivity index (χ0v) is 14.1. The van der Waals surface area contributed by atoms with Crippen LogP contribution in [0.2, 0.25) is 5.02 Å². The third kappa shape index (κ3) is 5.39. The molecule has 0 aromatic heterocycles. The average Bonchev–Trinajstić information content (AvgIpc) is 2.60. The van der Waals surface area contributed by atoms with Gasteiger partial charge in [-0.1, -0.05) is 29.8 Å². The van der Waals surface area contributed by atoms with E-state index < -0.39 is 0 Å². The van der Waals surface area contributed by atoms with E-state index in [0.29, 0.717) is 30.6 Å². The molecule has 0 radical (unpaired) electrons. The number of halogens is 1. The van der Waals surface area contributed by atoms with Gasteiger partial charge in [0.15, 0.2) is 0 Å². The largest absolute Gasteiger partial charge is 0.352 e. The summed E-state index contributed by atoms with van der Waals surface area (Å²) in [6, 6.07) is 9.21. The Labute approximate surface area is 146 Å². The minimum atomic E-state index is -0.155. The van der Waals surface area contributed by atoms with Crippen molar-refractivity contribution in [3.8, 4) is 6.07 Å². The number of hydrogen-bond donors (Lipinski definition) is 1. The fourth-order valence-electron chi connectivity index (χ4n) is 2.65. The average molecular weight is 346 g/mol. The van der Waals surface area contributed by atoms with Gasteiger partial charge in [-0.2, -0.15) is 5.26 Å². The highest BCUT2D eigenvalue weighted by atomic mass is 35.5. The number of likely N-dealkylation sites (tertiary alicyclic amines) is 1. The Bertz CT molecular complexity index is 658. The van der Waals surface area contributed by atoms with Crippen molar-refractivity contribution in [3.05, 3.63) is 40.9 Å². The number of carbonyl (C=O) groups is 2. The highest BCUT2D eigenvalue weighted by Gasteiger charge is 2.22. The lowest BCUT2D eigenvalue weighted by Gasteiger charge is -2.31. The Morgan fingerprint density at radius 2 is 2.04 bits per heavy atom. The maximum atomic E-state index is 11.9. The summed E-state index contributed by atoms with van der Waals surface area (Å²) in [5.41, 5.74) is 0.804. The molecule has 2 rings (SSSR count). The van der Waals surface area contributed by atoms with Gasteiger partial charge in [0.1, 0.15) is 6.42 Å². The first-order valence-corrected chi connectivity index (χ1v) is 8.33. The first-order chi connectivity index (χ1) is 11.6. The molecule has 1 aliphatic rings. The molecule has 24 heavy (non-hydrogen) atoms. The van der Waals surface area contributed by atoms with Gasteiger partial charge in [0.05, 0.1) is 6.07 Å². The van der Waals surface area contributed by atoms with Gasteiger partial charge < -0.3 is 10.2 Å². The van der Waals surface area contributed by atoms with Crippen LogP contribution in [0.3, 0.4) is 0 Å². The van der Waals surface area contributed by atoms with E-state index in [2.05, 4.69) is 5.32 Å². The van der Waals surface area contributed by atoms with Crippen molar-refractivity contribution in [2.75, 3.05) is 19.6 Å². The molecular formula is C18H20ClN3O2. The molecule has 0 unspecified atom stereocenters. The molecule has 2 amide bonds. The molecule has 0 bridgehead atoms. The lowest BCUT2D eigenvalue weighted by molar-refractivity contribution is -0.131. The SMILES string of the molecule is N#CCC(=O)N1CCC(CNC(=O)/C=C/c2ccccc2Cl)CC1. The van der Waals surface area contributed by atoms with Crippen LogP contribution in [-0.4, -0.2) is 36.3 Å². The Morgan fingerprint density at radius 1 is 1.33 bits per heavy atom. The van der Waals surface area contributed by atoms with Gasteiger partial charge in [-0.3, -0.25) is 9.59 Å². The molecule has 1 saturated heterocycles. The lowest BCUT2D eigenvalue weighted by atomic mass is 9.96. The van der Waals surface area contributed by atoms with E-state index in [1.54, 1.807) is 17.0 Å². The van der Waals surface area contributed by atoms with Crippen molar-refractivity contribution in [3.63, 3.8) is 0 Å². The van der Waals surface area contributed by atoms with Gasteiger partial charge in [-0.25, -0.2) is 0 Å². The molecule has 1 fully saturated rings. The number of nitriles is 1. The zero-order chi connectivity index (χ0) is 17.4. The Hall–Kier alpha value is -2.32. The van der Waals surface area contributed by atoms with Crippen LogP contribution in [0.4, 0.5) is 0 Å². The predicted octanol–water partition coefficient (Wildman–Crippen LogP) is 2.62. The number of nitrogens with one attached hydrogen (secondary N) is 1. The van der Waals surface area contributed by atoms with Gasteiger partial charge in [-0.15, -0.1) is 0 Å². The standard InChI is InChI=1S/C18H20ClN3O2/c19-16-4-2-1-3-15(16)5-6-17(23)21-13-14-8-11-22(12-9-14)18(24)7-10-20/h1-6,14H,7-9,11-13H2,(H,21,23)/b6-5+. The van der Waals surface area contributed by atoms with Crippen LogP contribution in [0.25, 0.3) is 6.08 Å². The van der Waals surface area contributed by atoms with Crippen molar-refractivity contribution >= 4 is 29.5 Å². The van der Waals surface area contributed by atoms with Crippen molar-refractivity contribution in [2.24, 2.45) is 5.92 Å². The molecule has 1 aliphatic heterocycles. The maximum Gasteiger partial charge on any atom is 0.244 e. The van der Waals surface area contributed by atoms with Gasteiger partial charge in [0.2, 0.25) is 11.8 Å². The molecular weight excluding hydrogens is 326 g/mol. The third-order valence-electron chi connectivity index (χ3n) is 4.08. The monoisotopic (exact) mass is 345 g/mol. The summed E-state index contributed by atoms with van der Waals surface area (Å²) in [4.78, 5) is 25.2. The first kappa shape index (κ1) is 18.0. The van der Waals surface area contributed by atoms with Crippen LogP contribution in [-0.2, 0) is 9.59 Å². The molecule has 5 nitrogen and oxygen atoms in total. The first-order valence-electron chi connectivity index (χ1n) is 7.95. The summed E-state index contributed by atoms with van der Waals surface area (Å²) in [6.07, 6.45) is 4.79. The van der Waals surface area contributed by atoms with Gasteiger partial charge >= 0.3 is 0 Å². The number of piperidine rings is 1. The summed E-state index contributed by atoms with van der Waals surface area (Å²) in [5.74, 6) is 0.0920. The Balaban J connectivity index is 1.73. The highest BCUT2D eigenvalue weighted by Crippen LogP contribution is 2.18. The smallest absolute Gasteiger partial charge is 0.244 e. The van der Waals surface area contributed by atoms with Crippen molar-refractivity contribution in [1.29, 1.82) is 5.26 Å². The lowest BCUT2D eigenvalue weighted by Crippen LogP contribution is -2.41.